The van der Waals surface area contributed by atoms with E-state index in [1.54, 1.807) is 12.3 Å². The van der Waals surface area contributed by atoms with Gasteiger partial charge in [0.1, 0.15) is 11.6 Å². The number of hydrogen-bond donors (Lipinski definition) is 1. The van der Waals surface area contributed by atoms with Crippen molar-refractivity contribution >= 4 is 21.9 Å². The Balaban J connectivity index is 1.44. The molecule has 5 nitrogen and oxygen atoms in total. The van der Waals surface area contributed by atoms with Crippen LogP contribution in [0.1, 0.15) is 84.6 Å². The van der Waals surface area contributed by atoms with Crippen LogP contribution in [0.5, 0.6) is 5.75 Å². The largest absolute Gasteiger partial charge is 0.507 e. The number of benzene rings is 5. The minimum absolute atomic E-state index is 0.00898. The fourth-order valence-electron chi connectivity index (χ4n) is 7.73. The van der Waals surface area contributed by atoms with E-state index in [0.717, 1.165) is 67.0 Å². The molecule has 0 bridgehead atoms. The topological polar surface area (TPSA) is 63.8 Å². The van der Waals surface area contributed by atoms with E-state index in [-0.39, 0.29) is 22.0 Å². The van der Waals surface area contributed by atoms with Crippen LogP contribution in [0.4, 0.5) is 0 Å². The third kappa shape index (κ3) is 7.12. The molecule has 286 valence electrons. The average Bonchev–Trinajstić information content (AvgIpc) is 3.57. The van der Waals surface area contributed by atoms with Gasteiger partial charge in [0.15, 0.2) is 0 Å². The maximum atomic E-state index is 11.4. The molecular weight excluding hydrogens is 697 g/mol. The van der Waals surface area contributed by atoms with Gasteiger partial charge < -0.3 is 5.11 Å². The summed E-state index contributed by atoms with van der Waals surface area (Å²) in [7, 11) is 0. The molecule has 0 aliphatic heterocycles. The first kappa shape index (κ1) is 37.8. The number of para-hydroxylation sites is 1. The quantitative estimate of drug-likeness (QED) is 0.190. The van der Waals surface area contributed by atoms with Crippen LogP contribution in [0.15, 0.2) is 128 Å². The number of phenols is 1. The number of aryl methyl sites for hydroxylation is 1. The number of imidazole rings is 1. The highest BCUT2D eigenvalue weighted by Crippen LogP contribution is 2.43. The van der Waals surface area contributed by atoms with Crippen LogP contribution >= 0.6 is 0 Å². The lowest BCUT2D eigenvalue weighted by atomic mass is 9.81. The van der Waals surface area contributed by atoms with Gasteiger partial charge in [-0.25, -0.2) is 4.98 Å². The Morgan fingerprint density at radius 2 is 1.23 bits per heavy atom. The van der Waals surface area contributed by atoms with Crippen molar-refractivity contribution in [3.05, 3.63) is 150 Å². The number of hydrogen-bond acceptors (Lipinski definition) is 4. The van der Waals surface area contributed by atoms with E-state index in [9.17, 15) is 5.11 Å². The highest BCUT2D eigenvalue weighted by Gasteiger charge is 2.25. The zero-order valence-corrected chi connectivity index (χ0v) is 34.9. The normalized spacial score (nSPS) is 12.5. The van der Waals surface area contributed by atoms with E-state index in [4.69, 9.17) is 9.97 Å². The number of aromatic hydroxyl groups is 1. The summed E-state index contributed by atoms with van der Waals surface area (Å²) in [6.07, 6.45) is 5.55. The van der Waals surface area contributed by atoms with Gasteiger partial charge >= 0.3 is 0 Å². The molecule has 0 atom stereocenters. The standard InChI is InChI=1S/C52H52N4O/c1-32-22-24-54-47-42(32)29-39(52(8,9)10)30-43(47)35-25-36(27-38(26-35)51(5,6)7)49-55-48-41(44-28-33(16-21-46(44)57)34-13-12-23-53-31-34)14-11-15-45(48)56(49)40-19-17-37(18-20-40)50(2,3)4/h11-31,57H,1-10H3. The second kappa shape index (κ2) is 13.8. The van der Waals surface area contributed by atoms with Gasteiger partial charge in [0.05, 0.1) is 16.6 Å². The smallest absolute Gasteiger partial charge is 0.145 e. The first-order valence-corrected chi connectivity index (χ1v) is 19.9. The predicted octanol–water partition coefficient (Wildman–Crippen LogP) is 13.5. The molecule has 0 radical (unpaired) electrons. The summed E-state index contributed by atoms with van der Waals surface area (Å²) in [6, 6.07) is 38.5. The van der Waals surface area contributed by atoms with Gasteiger partial charge in [0.2, 0.25) is 0 Å². The van der Waals surface area contributed by atoms with Crippen LogP contribution in [0.3, 0.4) is 0 Å². The van der Waals surface area contributed by atoms with Crippen molar-refractivity contribution in [3.8, 4) is 56.2 Å². The van der Waals surface area contributed by atoms with Crippen LogP contribution in [0.25, 0.3) is 72.4 Å². The van der Waals surface area contributed by atoms with Crippen LogP contribution < -0.4 is 0 Å². The van der Waals surface area contributed by atoms with Gasteiger partial charge in [-0.1, -0.05) is 105 Å². The van der Waals surface area contributed by atoms with Crippen molar-refractivity contribution < 1.29 is 5.11 Å². The molecule has 0 unspecified atom stereocenters. The fraction of sp³-hybridized carbons (Fsp3) is 0.250. The Bertz CT molecular complexity index is 2790. The minimum atomic E-state index is -0.152. The lowest BCUT2D eigenvalue weighted by Crippen LogP contribution is -2.13. The van der Waals surface area contributed by atoms with Crippen molar-refractivity contribution in [1.29, 1.82) is 0 Å². The third-order valence-electron chi connectivity index (χ3n) is 11.3. The number of aromatic nitrogens is 4. The van der Waals surface area contributed by atoms with Gasteiger partial charge in [-0.15, -0.1) is 0 Å². The summed E-state index contributed by atoms with van der Waals surface area (Å²) >= 11 is 0. The number of fused-ring (bicyclic) bond motifs is 2. The summed E-state index contributed by atoms with van der Waals surface area (Å²) in [4.78, 5) is 14.9. The Morgan fingerprint density at radius 1 is 0.526 bits per heavy atom. The Hall–Kier alpha value is -6.07. The Labute approximate surface area is 337 Å². The molecule has 0 saturated carbocycles. The van der Waals surface area contributed by atoms with E-state index in [1.165, 1.54) is 27.6 Å². The Kier molecular flexibility index (Phi) is 9.19. The molecule has 3 aromatic heterocycles. The summed E-state index contributed by atoms with van der Waals surface area (Å²) in [6.45, 7) is 22.5. The number of pyridine rings is 2. The summed E-state index contributed by atoms with van der Waals surface area (Å²) in [5.41, 5.74) is 15.3. The van der Waals surface area contributed by atoms with Gasteiger partial charge in [-0.05, 0) is 123 Å². The summed E-state index contributed by atoms with van der Waals surface area (Å²) in [5, 5.41) is 12.6. The first-order chi connectivity index (χ1) is 27.0. The second-order valence-corrected chi connectivity index (χ2v) is 18.6. The van der Waals surface area contributed by atoms with Gasteiger partial charge in [-0.3, -0.25) is 14.5 Å². The molecule has 57 heavy (non-hydrogen) atoms. The Morgan fingerprint density at radius 3 is 1.91 bits per heavy atom. The zero-order chi connectivity index (χ0) is 40.4. The lowest BCUT2D eigenvalue weighted by Gasteiger charge is -2.24. The zero-order valence-electron chi connectivity index (χ0n) is 34.9. The molecular formula is C52H52N4O. The first-order valence-electron chi connectivity index (χ1n) is 19.9. The molecule has 0 amide bonds. The fourth-order valence-corrected chi connectivity index (χ4v) is 7.73. The van der Waals surface area contributed by atoms with Crippen LogP contribution in [-0.2, 0) is 16.2 Å². The number of nitrogens with zero attached hydrogens (tertiary/aromatic N) is 4. The van der Waals surface area contributed by atoms with Crippen molar-refractivity contribution in [2.45, 2.75) is 85.5 Å². The highest BCUT2D eigenvalue weighted by atomic mass is 16.3. The van der Waals surface area contributed by atoms with E-state index in [1.807, 2.05) is 36.7 Å². The lowest BCUT2D eigenvalue weighted by molar-refractivity contribution is 0.477. The molecule has 3 heterocycles. The van der Waals surface area contributed by atoms with Crippen molar-refractivity contribution in [2.24, 2.45) is 0 Å². The molecule has 1 N–H and O–H groups in total. The van der Waals surface area contributed by atoms with E-state index >= 15 is 0 Å². The SMILES string of the molecule is Cc1ccnc2c(-c3cc(-c4nc5c(-c6cc(-c7cccnc7)ccc6O)cccc5n4-c4ccc(C(C)(C)C)cc4)cc(C(C)(C)C)c3)cc(C(C)(C)C)cc12. The highest BCUT2D eigenvalue weighted by molar-refractivity contribution is 5.99. The average molecular weight is 749 g/mol. The molecule has 0 aliphatic rings. The summed E-state index contributed by atoms with van der Waals surface area (Å²) in [5.74, 6) is 1.03. The van der Waals surface area contributed by atoms with Crippen LogP contribution in [-0.4, -0.2) is 24.6 Å². The maximum absolute atomic E-state index is 11.4. The molecule has 5 aromatic carbocycles. The number of rotatable bonds is 5. The summed E-state index contributed by atoms with van der Waals surface area (Å²) < 4.78 is 2.28. The van der Waals surface area contributed by atoms with Crippen LogP contribution in [0, 0.1) is 6.92 Å². The number of phenolic OH excluding ortho intramolecular Hbond substituents is 1. The van der Waals surface area contributed by atoms with Crippen molar-refractivity contribution in [3.63, 3.8) is 0 Å². The minimum Gasteiger partial charge on any atom is -0.507 e. The van der Waals surface area contributed by atoms with Crippen molar-refractivity contribution in [2.75, 3.05) is 0 Å². The monoisotopic (exact) mass is 748 g/mol. The molecule has 0 saturated heterocycles. The molecule has 5 heteroatoms. The third-order valence-corrected chi connectivity index (χ3v) is 11.3. The molecule has 0 aliphatic carbocycles. The van der Waals surface area contributed by atoms with E-state index in [2.05, 4.69) is 158 Å². The van der Waals surface area contributed by atoms with E-state index < -0.39 is 0 Å². The van der Waals surface area contributed by atoms with Crippen molar-refractivity contribution in [1.82, 2.24) is 19.5 Å². The molecule has 0 fully saturated rings. The van der Waals surface area contributed by atoms with Gasteiger partial charge in [0, 0.05) is 57.5 Å². The maximum Gasteiger partial charge on any atom is 0.145 e. The predicted molar refractivity (Wildman–Crippen MR) is 238 cm³/mol. The van der Waals surface area contributed by atoms with Gasteiger partial charge in [-0.2, -0.15) is 0 Å². The second-order valence-electron chi connectivity index (χ2n) is 18.6. The van der Waals surface area contributed by atoms with Gasteiger partial charge in [0.25, 0.3) is 0 Å². The molecule has 8 rings (SSSR count). The van der Waals surface area contributed by atoms with Crippen LogP contribution in [0.2, 0.25) is 0 Å². The molecule has 8 aromatic rings. The van der Waals surface area contributed by atoms with E-state index in [0.29, 0.717) is 0 Å². The molecule has 0 spiro atoms.